The number of carbonyl (C=O) groups excluding carboxylic acids is 1. The van der Waals surface area contributed by atoms with Crippen molar-refractivity contribution in [1.29, 1.82) is 0 Å². The Morgan fingerprint density at radius 1 is 1.05 bits per heavy atom. The lowest BCUT2D eigenvalue weighted by Gasteiger charge is -2.38. The van der Waals surface area contributed by atoms with Gasteiger partial charge in [0.1, 0.15) is 5.57 Å². The number of aliphatic carboxylic acids is 1. The molecule has 4 atom stereocenters. The number of aliphatic hydroxyl groups excluding tert-OH is 1. The fourth-order valence-electron chi connectivity index (χ4n) is 4.64. The van der Waals surface area contributed by atoms with Gasteiger partial charge in [0.2, 0.25) is 0 Å². The van der Waals surface area contributed by atoms with Crippen molar-refractivity contribution < 1.29 is 29.3 Å². The first-order chi connectivity index (χ1) is 19.2. The Balaban J connectivity index is 0. The maximum absolute atomic E-state index is 11.5. The number of rotatable bonds is 14. The van der Waals surface area contributed by atoms with E-state index in [9.17, 15) is 9.59 Å². The molecule has 232 valence electrons. The third-order valence-corrected chi connectivity index (χ3v) is 6.76. The van der Waals surface area contributed by atoms with Crippen molar-refractivity contribution in [1.82, 2.24) is 5.32 Å². The number of nitrogens with zero attached hydrogens (tertiary/aromatic N) is 1. The Hall–Kier alpha value is -2.26. The summed E-state index contributed by atoms with van der Waals surface area (Å²) in [6.07, 6.45) is 8.20. The molecule has 1 fully saturated rings. The van der Waals surface area contributed by atoms with Gasteiger partial charge in [-0.3, -0.25) is 4.79 Å². The second-order valence-electron chi connectivity index (χ2n) is 9.41. The van der Waals surface area contributed by atoms with Gasteiger partial charge in [-0.05, 0) is 82.2 Å². The molecule has 0 spiro atoms. The minimum Gasteiger partial charge on any atom is -0.478 e. The fraction of sp³-hybridized carbons (Fsp3) is 0.688. The van der Waals surface area contributed by atoms with E-state index in [1.165, 1.54) is 37.9 Å². The van der Waals surface area contributed by atoms with Gasteiger partial charge in [-0.25, -0.2) is 4.79 Å². The van der Waals surface area contributed by atoms with Crippen molar-refractivity contribution in [3.8, 4) is 0 Å². The van der Waals surface area contributed by atoms with E-state index in [0.29, 0.717) is 11.8 Å². The number of aryl methyl sites for hydroxylation is 1. The molecule has 0 aliphatic carbocycles. The van der Waals surface area contributed by atoms with Crippen LogP contribution in [0, 0.1) is 11.8 Å². The van der Waals surface area contributed by atoms with Crippen molar-refractivity contribution >= 4 is 17.4 Å². The predicted octanol–water partition coefficient (Wildman–Crippen LogP) is 6.07. The van der Waals surface area contributed by atoms with Crippen LogP contribution in [0.15, 0.2) is 36.0 Å². The molecule has 1 aromatic rings. The Kier molecular flexibility index (Phi) is 24.5. The summed E-state index contributed by atoms with van der Waals surface area (Å²) in [4.78, 5) is 24.3. The molecule has 0 bridgehead atoms. The molecule has 1 aliphatic rings. The zero-order chi connectivity index (χ0) is 31.1. The van der Waals surface area contributed by atoms with E-state index in [-0.39, 0.29) is 18.0 Å². The number of hydrogen-bond donors (Lipinski definition) is 3. The average molecular weight is 567 g/mol. The van der Waals surface area contributed by atoms with Gasteiger partial charge in [0, 0.05) is 39.6 Å². The number of carboxylic acids is 1. The number of Topliss-reactive ketones (excluding diaryl/α,β-unsaturated/α-hetero) is 1. The predicted molar refractivity (Wildman–Crippen MR) is 166 cm³/mol. The minimum atomic E-state index is -1.21. The molecule has 4 unspecified atom stereocenters. The molecule has 1 saturated heterocycles. The molecule has 1 heterocycles. The quantitative estimate of drug-likeness (QED) is 0.108. The lowest BCUT2D eigenvalue weighted by atomic mass is 9.81. The van der Waals surface area contributed by atoms with Crippen LogP contribution < -0.4 is 10.2 Å². The van der Waals surface area contributed by atoms with Gasteiger partial charge < -0.3 is 29.9 Å². The van der Waals surface area contributed by atoms with Crippen molar-refractivity contribution in [3.63, 3.8) is 0 Å². The van der Waals surface area contributed by atoms with Gasteiger partial charge >= 0.3 is 5.97 Å². The van der Waals surface area contributed by atoms with E-state index >= 15 is 0 Å². The number of anilines is 1. The zero-order valence-corrected chi connectivity index (χ0v) is 26.8. The normalized spacial score (nSPS) is 20.0. The summed E-state index contributed by atoms with van der Waals surface area (Å²) in [6.45, 7) is 15.8. The second kappa shape index (κ2) is 24.5. The fourth-order valence-corrected chi connectivity index (χ4v) is 4.64. The molecule has 0 radical (unpaired) electrons. The Morgan fingerprint density at radius 2 is 1.62 bits per heavy atom. The lowest BCUT2D eigenvalue weighted by molar-refractivity contribution is -0.207. The third-order valence-electron chi connectivity index (χ3n) is 6.76. The summed E-state index contributed by atoms with van der Waals surface area (Å²) in [5, 5.41) is 19.7. The number of ether oxygens (including phenoxy) is 2. The van der Waals surface area contributed by atoms with Gasteiger partial charge in [0.05, 0.1) is 6.10 Å². The van der Waals surface area contributed by atoms with E-state index in [2.05, 4.69) is 31.3 Å². The monoisotopic (exact) mass is 566 g/mol. The number of carbonyl (C=O) groups is 2. The summed E-state index contributed by atoms with van der Waals surface area (Å²) in [5.74, 6) is -0.425. The van der Waals surface area contributed by atoms with Gasteiger partial charge in [0.25, 0.3) is 0 Å². The van der Waals surface area contributed by atoms with E-state index in [4.69, 9.17) is 19.7 Å². The first kappa shape index (κ1) is 39.9. The van der Waals surface area contributed by atoms with Gasteiger partial charge in [-0.15, -0.1) is 0 Å². The van der Waals surface area contributed by atoms with Gasteiger partial charge in [-0.2, -0.15) is 0 Å². The lowest BCUT2D eigenvalue weighted by Crippen LogP contribution is -2.39. The second-order valence-corrected chi connectivity index (χ2v) is 9.41. The molecule has 1 aromatic carbocycles. The highest BCUT2D eigenvalue weighted by Gasteiger charge is 2.33. The summed E-state index contributed by atoms with van der Waals surface area (Å²) >= 11 is 0. The topological polar surface area (TPSA) is 108 Å². The molecule has 2 rings (SSSR count). The summed E-state index contributed by atoms with van der Waals surface area (Å²) < 4.78 is 11.3. The number of hydrogen-bond acceptors (Lipinski definition) is 7. The summed E-state index contributed by atoms with van der Waals surface area (Å²) in [6, 6.07) is 8.00. The van der Waals surface area contributed by atoms with Crippen LogP contribution in [-0.4, -0.2) is 68.7 Å². The Labute approximate surface area is 244 Å². The first-order valence-electron chi connectivity index (χ1n) is 14.8. The summed E-state index contributed by atoms with van der Waals surface area (Å²) in [5.41, 5.74) is 1.85. The minimum absolute atomic E-state index is 0.0478. The van der Waals surface area contributed by atoms with Crippen molar-refractivity contribution in [2.45, 2.75) is 99.4 Å². The Bertz CT molecular complexity index is 784. The van der Waals surface area contributed by atoms with E-state index in [1.54, 1.807) is 19.1 Å². The molecule has 40 heavy (non-hydrogen) atoms. The van der Waals surface area contributed by atoms with Crippen LogP contribution in [-0.2, 0) is 25.5 Å². The molecule has 0 saturated carbocycles. The largest absolute Gasteiger partial charge is 0.478 e. The van der Waals surface area contributed by atoms with Crippen LogP contribution >= 0.6 is 0 Å². The SMILES string of the molecule is CC.CC.CO.COC1CC(C)C(CCCCNCCCc2ccc(N(C)/C=C(\C(C)=O)C(=O)O)cc2)C(C)O1. The standard InChI is InChI=1S/C27H42N2O5.2C2H6.CH4O/c1-19-17-26(33-5)34-21(3)24(19)10-6-7-15-28-16-8-9-22-11-13-23(14-12-22)29(4)18-25(20(2)30)27(31)32;3*1-2/h11-14,18-19,21,24,26,28H,6-10,15-17H2,1-5H3,(H,31,32);2*1-2H3;2H,1H3/b25-18+;;;. The highest BCUT2D eigenvalue weighted by atomic mass is 16.7. The van der Waals surface area contributed by atoms with Crippen LogP contribution in [0.1, 0.15) is 86.1 Å². The van der Waals surface area contributed by atoms with E-state index in [0.717, 1.165) is 45.1 Å². The van der Waals surface area contributed by atoms with Crippen molar-refractivity contribution in [2.24, 2.45) is 11.8 Å². The number of unbranched alkanes of at least 4 members (excludes halogenated alkanes) is 1. The first-order valence-corrected chi connectivity index (χ1v) is 14.8. The van der Waals surface area contributed by atoms with Crippen molar-refractivity contribution in [2.75, 3.05) is 39.3 Å². The van der Waals surface area contributed by atoms with Crippen LogP contribution in [0.2, 0.25) is 0 Å². The molecule has 0 aromatic heterocycles. The Morgan fingerprint density at radius 3 is 2.12 bits per heavy atom. The maximum atomic E-state index is 11.5. The molecule has 3 N–H and O–H groups in total. The smallest absolute Gasteiger partial charge is 0.340 e. The molecule has 8 heteroatoms. The van der Waals surface area contributed by atoms with E-state index < -0.39 is 11.8 Å². The number of methoxy groups -OCH3 is 1. The molecule has 1 aliphatic heterocycles. The molecular formula is C32H58N2O6. The average Bonchev–Trinajstić information content (AvgIpc) is 2.97. The highest BCUT2D eigenvalue weighted by Crippen LogP contribution is 2.34. The van der Waals surface area contributed by atoms with Crippen LogP contribution in [0.3, 0.4) is 0 Å². The number of aliphatic hydroxyl groups is 1. The zero-order valence-electron chi connectivity index (χ0n) is 26.8. The number of carboxylic acid groups (broad SMARTS) is 1. The van der Waals surface area contributed by atoms with Crippen LogP contribution in [0.25, 0.3) is 0 Å². The molecule has 8 nitrogen and oxygen atoms in total. The van der Waals surface area contributed by atoms with Crippen LogP contribution in [0.4, 0.5) is 5.69 Å². The number of nitrogens with one attached hydrogen (secondary N) is 1. The summed E-state index contributed by atoms with van der Waals surface area (Å²) in [7, 11) is 4.46. The number of ketones is 1. The van der Waals surface area contributed by atoms with E-state index in [1.807, 2.05) is 39.8 Å². The third kappa shape index (κ3) is 15.5. The van der Waals surface area contributed by atoms with Gasteiger partial charge in [0.15, 0.2) is 12.1 Å². The number of benzene rings is 1. The highest BCUT2D eigenvalue weighted by molar-refractivity contribution is 6.15. The van der Waals surface area contributed by atoms with Gasteiger partial charge in [-0.1, -0.05) is 53.2 Å². The molecular weight excluding hydrogens is 508 g/mol. The molecule has 0 amide bonds. The van der Waals surface area contributed by atoms with Crippen LogP contribution in [0.5, 0.6) is 0 Å². The van der Waals surface area contributed by atoms with Crippen molar-refractivity contribution in [3.05, 3.63) is 41.6 Å². The maximum Gasteiger partial charge on any atom is 0.340 e.